The van der Waals surface area contributed by atoms with E-state index in [0.29, 0.717) is 18.4 Å². The highest BCUT2D eigenvalue weighted by Gasteiger charge is 2.24. The van der Waals surface area contributed by atoms with Gasteiger partial charge in [-0.3, -0.25) is 14.7 Å². The predicted octanol–water partition coefficient (Wildman–Crippen LogP) is 0.289. The summed E-state index contributed by atoms with van der Waals surface area (Å²) in [5.41, 5.74) is 11.6. The SMILES string of the molecule is NC(=O)CN(Cc1cnc(N)cn1)C1CCCC1. The summed E-state index contributed by atoms with van der Waals surface area (Å²) in [6.07, 6.45) is 7.86. The number of carbonyl (C=O) groups excluding carboxylic acids is 1. The van der Waals surface area contributed by atoms with Gasteiger partial charge in [0, 0.05) is 12.6 Å². The molecule has 0 saturated heterocycles. The minimum atomic E-state index is -0.301. The van der Waals surface area contributed by atoms with Gasteiger partial charge in [-0.2, -0.15) is 0 Å². The van der Waals surface area contributed by atoms with Crippen LogP contribution >= 0.6 is 0 Å². The van der Waals surface area contributed by atoms with Crippen LogP contribution in [-0.4, -0.2) is 33.4 Å². The molecule has 0 bridgehead atoms. The quantitative estimate of drug-likeness (QED) is 0.781. The standard InChI is InChI=1S/C12H19N5O/c13-11-6-15-9(5-16-11)7-17(8-12(14)18)10-3-1-2-4-10/h5-6,10H,1-4,7-8H2,(H2,13,16)(H2,14,18). The zero-order valence-electron chi connectivity index (χ0n) is 10.4. The molecule has 0 spiro atoms. The summed E-state index contributed by atoms with van der Waals surface area (Å²) in [7, 11) is 0. The van der Waals surface area contributed by atoms with Crippen LogP contribution in [0.5, 0.6) is 0 Å². The van der Waals surface area contributed by atoms with Crippen molar-refractivity contribution in [1.82, 2.24) is 14.9 Å². The third kappa shape index (κ3) is 3.40. The number of aromatic nitrogens is 2. The maximum absolute atomic E-state index is 11.1. The van der Waals surface area contributed by atoms with Crippen LogP contribution in [0.15, 0.2) is 12.4 Å². The van der Waals surface area contributed by atoms with E-state index in [-0.39, 0.29) is 12.5 Å². The van der Waals surface area contributed by atoms with Gasteiger partial charge in [0.2, 0.25) is 5.91 Å². The molecule has 1 amide bonds. The fourth-order valence-corrected chi connectivity index (χ4v) is 2.44. The Hall–Kier alpha value is -1.69. The molecule has 0 unspecified atom stereocenters. The summed E-state index contributed by atoms with van der Waals surface area (Å²) in [4.78, 5) is 21.5. The van der Waals surface area contributed by atoms with Crippen LogP contribution in [0, 0.1) is 0 Å². The summed E-state index contributed by atoms with van der Waals surface area (Å²) >= 11 is 0. The molecule has 1 aliphatic carbocycles. The number of hydrogen-bond acceptors (Lipinski definition) is 5. The second-order valence-electron chi connectivity index (χ2n) is 4.74. The minimum absolute atomic E-state index is 0.275. The first-order valence-electron chi connectivity index (χ1n) is 6.24. The van der Waals surface area contributed by atoms with E-state index in [2.05, 4.69) is 14.9 Å². The molecule has 1 fully saturated rings. The Balaban J connectivity index is 2.03. The molecule has 1 aliphatic rings. The second kappa shape index (κ2) is 5.77. The van der Waals surface area contributed by atoms with E-state index in [4.69, 9.17) is 11.5 Å². The highest BCUT2D eigenvalue weighted by atomic mass is 16.1. The smallest absolute Gasteiger partial charge is 0.231 e. The van der Waals surface area contributed by atoms with Crippen LogP contribution in [0.1, 0.15) is 31.4 Å². The Bertz CT molecular complexity index is 399. The van der Waals surface area contributed by atoms with E-state index in [1.807, 2.05) is 0 Å². The molecule has 18 heavy (non-hydrogen) atoms. The molecule has 1 saturated carbocycles. The highest BCUT2D eigenvalue weighted by Crippen LogP contribution is 2.24. The maximum Gasteiger partial charge on any atom is 0.231 e. The van der Waals surface area contributed by atoms with Crippen molar-refractivity contribution in [1.29, 1.82) is 0 Å². The molecule has 6 heteroatoms. The lowest BCUT2D eigenvalue weighted by Gasteiger charge is -2.26. The Kier molecular flexibility index (Phi) is 4.09. The maximum atomic E-state index is 11.1. The van der Waals surface area contributed by atoms with Gasteiger partial charge < -0.3 is 11.5 Å². The molecule has 0 radical (unpaired) electrons. The van der Waals surface area contributed by atoms with Crippen molar-refractivity contribution in [3.63, 3.8) is 0 Å². The molecule has 0 aliphatic heterocycles. The van der Waals surface area contributed by atoms with E-state index < -0.39 is 0 Å². The van der Waals surface area contributed by atoms with Crippen molar-refractivity contribution in [2.24, 2.45) is 5.73 Å². The summed E-state index contributed by atoms with van der Waals surface area (Å²) in [6.45, 7) is 0.873. The van der Waals surface area contributed by atoms with Gasteiger partial charge in [-0.15, -0.1) is 0 Å². The predicted molar refractivity (Wildman–Crippen MR) is 68.3 cm³/mol. The Morgan fingerprint density at radius 2 is 2.06 bits per heavy atom. The summed E-state index contributed by atoms with van der Waals surface area (Å²) in [5.74, 6) is 0.103. The molecule has 2 rings (SSSR count). The van der Waals surface area contributed by atoms with Crippen LogP contribution in [0.3, 0.4) is 0 Å². The van der Waals surface area contributed by atoms with Gasteiger partial charge >= 0.3 is 0 Å². The van der Waals surface area contributed by atoms with Gasteiger partial charge in [0.05, 0.1) is 24.6 Å². The second-order valence-corrected chi connectivity index (χ2v) is 4.74. The van der Waals surface area contributed by atoms with Crippen LogP contribution < -0.4 is 11.5 Å². The Labute approximate surface area is 106 Å². The first-order chi connectivity index (χ1) is 8.65. The van der Waals surface area contributed by atoms with Crippen LogP contribution in [0.2, 0.25) is 0 Å². The zero-order valence-corrected chi connectivity index (χ0v) is 10.4. The number of nitrogens with two attached hydrogens (primary N) is 2. The molecular weight excluding hydrogens is 230 g/mol. The summed E-state index contributed by atoms with van der Waals surface area (Å²) in [6, 6.07) is 0.428. The number of hydrogen-bond donors (Lipinski definition) is 2. The molecule has 1 aromatic rings. The van der Waals surface area contributed by atoms with Crippen LogP contribution in [0.25, 0.3) is 0 Å². The monoisotopic (exact) mass is 249 g/mol. The van der Waals surface area contributed by atoms with Crippen LogP contribution in [-0.2, 0) is 11.3 Å². The topological polar surface area (TPSA) is 98.1 Å². The fraction of sp³-hybridized carbons (Fsp3) is 0.583. The number of nitrogens with zero attached hydrogens (tertiary/aromatic N) is 3. The van der Waals surface area contributed by atoms with Crippen molar-refractivity contribution in [2.45, 2.75) is 38.3 Å². The summed E-state index contributed by atoms with van der Waals surface area (Å²) < 4.78 is 0. The van der Waals surface area contributed by atoms with Gasteiger partial charge in [0.1, 0.15) is 5.82 Å². The van der Waals surface area contributed by atoms with Crippen LogP contribution in [0.4, 0.5) is 5.82 Å². The van der Waals surface area contributed by atoms with Gasteiger partial charge in [0.25, 0.3) is 0 Å². The number of carbonyl (C=O) groups is 1. The average Bonchev–Trinajstić information content (AvgIpc) is 2.84. The number of amides is 1. The first-order valence-corrected chi connectivity index (χ1v) is 6.24. The fourth-order valence-electron chi connectivity index (χ4n) is 2.44. The number of nitrogen functional groups attached to an aromatic ring is 1. The number of rotatable bonds is 5. The molecule has 0 aromatic carbocycles. The average molecular weight is 249 g/mol. The highest BCUT2D eigenvalue weighted by molar-refractivity contribution is 5.75. The third-order valence-electron chi connectivity index (χ3n) is 3.29. The lowest BCUT2D eigenvalue weighted by Crippen LogP contribution is -2.39. The summed E-state index contributed by atoms with van der Waals surface area (Å²) in [5, 5.41) is 0. The van der Waals surface area contributed by atoms with Gasteiger partial charge in [-0.05, 0) is 12.8 Å². The molecular formula is C12H19N5O. The molecule has 6 nitrogen and oxygen atoms in total. The molecule has 4 N–H and O–H groups in total. The molecule has 0 atom stereocenters. The van der Waals surface area contributed by atoms with Crippen molar-refractivity contribution in [3.05, 3.63) is 18.1 Å². The van der Waals surface area contributed by atoms with E-state index in [1.54, 1.807) is 6.20 Å². The largest absolute Gasteiger partial charge is 0.382 e. The van der Waals surface area contributed by atoms with E-state index in [9.17, 15) is 4.79 Å². The minimum Gasteiger partial charge on any atom is -0.382 e. The number of primary amides is 1. The van der Waals surface area contributed by atoms with Gasteiger partial charge in [-0.1, -0.05) is 12.8 Å². The van der Waals surface area contributed by atoms with E-state index in [0.717, 1.165) is 18.5 Å². The lowest BCUT2D eigenvalue weighted by molar-refractivity contribution is -0.119. The Morgan fingerprint density at radius 1 is 1.33 bits per heavy atom. The van der Waals surface area contributed by atoms with Crippen molar-refractivity contribution < 1.29 is 4.79 Å². The van der Waals surface area contributed by atoms with Crippen molar-refractivity contribution in [3.8, 4) is 0 Å². The third-order valence-corrected chi connectivity index (χ3v) is 3.29. The van der Waals surface area contributed by atoms with E-state index in [1.165, 1.54) is 19.0 Å². The van der Waals surface area contributed by atoms with E-state index >= 15 is 0 Å². The normalized spacial score (nSPS) is 16.3. The van der Waals surface area contributed by atoms with Crippen molar-refractivity contribution in [2.75, 3.05) is 12.3 Å². The Morgan fingerprint density at radius 3 is 2.61 bits per heavy atom. The lowest BCUT2D eigenvalue weighted by atomic mass is 10.2. The van der Waals surface area contributed by atoms with Gasteiger partial charge in [0.15, 0.2) is 0 Å². The number of anilines is 1. The molecule has 98 valence electrons. The first kappa shape index (κ1) is 12.8. The molecule has 1 heterocycles. The van der Waals surface area contributed by atoms with Crippen molar-refractivity contribution >= 4 is 11.7 Å². The molecule has 1 aromatic heterocycles. The van der Waals surface area contributed by atoms with Gasteiger partial charge in [-0.25, -0.2) is 4.98 Å². The zero-order chi connectivity index (χ0) is 13.0.